The molecule has 148 valence electrons. The number of benzene rings is 3. The standard InChI is InChI=1S/C22H18Br2N2O3/c1-14-10-16(23)11-19(24)21(14)29-13-20(27)25-17-8-5-9-18(12-17)26-22(28)15-6-3-2-4-7-15/h2-12H,13H2,1H3,(H,25,27)(H,26,28). The molecule has 3 aromatic rings. The van der Waals surface area contributed by atoms with Gasteiger partial charge in [0.2, 0.25) is 0 Å². The van der Waals surface area contributed by atoms with Crippen molar-refractivity contribution >= 4 is 55.0 Å². The van der Waals surface area contributed by atoms with E-state index in [1.165, 1.54) is 0 Å². The van der Waals surface area contributed by atoms with E-state index in [1.807, 2.05) is 25.1 Å². The summed E-state index contributed by atoms with van der Waals surface area (Å²) in [5, 5.41) is 5.59. The summed E-state index contributed by atoms with van der Waals surface area (Å²) < 4.78 is 7.35. The Morgan fingerprint density at radius 2 is 1.59 bits per heavy atom. The second-order valence-electron chi connectivity index (χ2n) is 6.27. The Balaban J connectivity index is 1.60. The van der Waals surface area contributed by atoms with E-state index in [4.69, 9.17) is 4.74 Å². The molecule has 0 aromatic heterocycles. The fourth-order valence-electron chi connectivity index (χ4n) is 2.67. The first-order valence-electron chi connectivity index (χ1n) is 8.77. The second-order valence-corrected chi connectivity index (χ2v) is 8.04. The zero-order valence-corrected chi connectivity index (χ0v) is 18.7. The number of aryl methyl sites for hydroxylation is 1. The number of halogens is 2. The summed E-state index contributed by atoms with van der Waals surface area (Å²) in [5.41, 5.74) is 2.62. The number of anilines is 2. The molecule has 0 spiro atoms. The van der Waals surface area contributed by atoms with Crippen molar-refractivity contribution in [3.63, 3.8) is 0 Å². The van der Waals surface area contributed by atoms with Gasteiger partial charge in [0.1, 0.15) is 5.75 Å². The van der Waals surface area contributed by atoms with Crippen LogP contribution in [0.5, 0.6) is 5.75 Å². The van der Waals surface area contributed by atoms with Crippen LogP contribution in [-0.4, -0.2) is 18.4 Å². The Morgan fingerprint density at radius 3 is 2.28 bits per heavy atom. The molecule has 0 atom stereocenters. The molecule has 2 amide bonds. The monoisotopic (exact) mass is 516 g/mol. The van der Waals surface area contributed by atoms with Crippen LogP contribution in [0.3, 0.4) is 0 Å². The van der Waals surface area contributed by atoms with E-state index in [9.17, 15) is 9.59 Å². The van der Waals surface area contributed by atoms with E-state index in [1.54, 1.807) is 48.5 Å². The van der Waals surface area contributed by atoms with Gasteiger partial charge in [-0.15, -0.1) is 0 Å². The maximum absolute atomic E-state index is 12.3. The van der Waals surface area contributed by atoms with Gasteiger partial charge in [-0.1, -0.05) is 40.2 Å². The third-order valence-corrected chi connectivity index (χ3v) is 5.03. The summed E-state index contributed by atoms with van der Waals surface area (Å²) in [7, 11) is 0. The van der Waals surface area contributed by atoms with Crippen LogP contribution >= 0.6 is 31.9 Å². The van der Waals surface area contributed by atoms with E-state index < -0.39 is 0 Å². The van der Waals surface area contributed by atoms with E-state index >= 15 is 0 Å². The minimum absolute atomic E-state index is 0.137. The van der Waals surface area contributed by atoms with Crippen LogP contribution in [0.4, 0.5) is 11.4 Å². The molecule has 0 bridgehead atoms. The van der Waals surface area contributed by atoms with E-state index in [2.05, 4.69) is 42.5 Å². The zero-order valence-electron chi connectivity index (χ0n) is 15.5. The van der Waals surface area contributed by atoms with Crippen molar-refractivity contribution in [1.29, 1.82) is 0 Å². The van der Waals surface area contributed by atoms with Crippen LogP contribution in [-0.2, 0) is 4.79 Å². The number of carbonyl (C=O) groups is 2. The topological polar surface area (TPSA) is 67.4 Å². The quantitative estimate of drug-likeness (QED) is 0.435. The minimum atomic E-state index is -0.300. The maximum atomic E-state index is 12.3. The van der Waals surface area contributed by atoms with Crippen molar-refractivity contribution < 1.29 is 14.3 Å². The van der Waals surface area contributed by atoms with Gasteiger partial charge < -0.3 is 15.4 Å². The van der Waals surface area contributed by atoms with Gasteiger partial charge in [0.25, 0.3) is 11.8 Å². The van der Waals surface area contributed by atoms with Crippen LogP contribution < -0.4 is 15.4 Å². The lowest BCUT2D eigenvalue weighted by Gasteiger charge is -2.12. The summed E-state index contributed by atoms with van der Waals surface area (Å²) in [6, 6.07) is 19.7. The fraction of sp³-hybridized carbons (Fsp3) is 0.0909. The summed E-state index contributed by atoms with van der Waals surface area (Å²) in [4.78, 5) is 24.6. The summed E-state index contributed by atoms with van der Waals surface area (Å²) in [6.07, 6.45) is 0. The number of amides is 2. The van der Waals surface area contributed by atoms with Gasteiger partial charge in [0.15, 0.2) is 6.61 Å². The van der Waals surface area contributed by atoms with Crippen LogP contribution in [0.1, 0.15) is 15.9 Å². The van der Waals surface area contributed by atoms with E-state index in [0.29, 0.717) is 22.7 Å². The van der Waals surface area contributed by atoms with Gasteiger partial charge in [-0.3, -0.25) is 9.59 Å². The van der Waals surface area contributed by atoms with E-state index in [0.717, 1.165) is 14.5 Å². The molecular weight excluding hydrogens is 500 g/mol. The Kier molecular flexibility index (Phi) is 7.06. The lowest BCUT2D eigenvalue weighted by Crippen LogP contribution is -2.20. The average Bonchev–Trinajstić information content (AvgIpc) is 2.68. The Labute approximate surface area is 185 Å². The first-order chi connectivity index (χ1) is 13.9. The summed E-state index contributed by atoms with van der Waals surface area (Å²) in [5.74, 6) is 0.103. The lowest BCUT2D eigenvalue weighted by molar-refractivity contribution is -0.118. The highest BCUT2D eigenvalue weighted by Crippen LogP contribution is 2.32. The fourth-order valence-corrected chi connectivity index (χ4v) is 4.23. The first kappa shape index (κ1) is 21.1. The molecule has 5 nitrogen and oxygen atoms in total. The highest BCUT2D eigenvalue weighted by Gasteiger charge is 2.11. The van der Waals surface area contributed by atoms with Gasteiger partial charge in [0.05, 0.1) is 4.47 Å². The molecule has 0 saturated heterocycles. The number of ether oxygens (including phenoxy) is 1. The molecule has 0 aliphatic carbocycles. The molecule has 0 heterocycles. The van der Waals surface area contributed by atoms with Crippen molar-refractivity contribution in [2.45, 2.75) is 6.92 Å². The Hall–Kier alpha value is -2.64. The molecule has 0 radical (unpaired) electrons. The van der Waals surface area contributed by atoms with Crippen molar-refractivity contribution in [2.24, 2.45) is 0 Å². The molecule has 0 fully saturated rings. The van der Waals surface area contributed by atoms with Gasteiger partial charge >= 0.3 is 0 Å². The third kappa shape index (κ3) is 5.92. The maximum Gasteiger partial charge on any atom is 0.262 e. The first-order valence-corrected chi connectivity index (χ1v) is 10.4. The van der Waals surface area contributed by atoms with Crippen LogP contribution in [0.2, 0.25) is 0 Å². The highest BCUT2D eigenvalue weighted by molar-refractivity contribution is 9.11. The van der Waals surface area contributed by atoms with Crippen molar-refractivity contribution in [3.05, 3.63) is 86.8 Å². The number of carbonyl (C=O) groups excluding carboxylic acids is 2. The molecule has 0 aliphatic heterocycles. The van der Waals surface area contributed by atoms with E-state index in [-0.39, 0.29) is 18.4 Å². The van der Waals surface area contributed by atoms with Crippen LogP contribution in [0.25, 0.3) is 0 Å². The molecule has 2 N–H and O–H groups in total. The largest absolute Gasteiger partial charge is 0.482 e. The Bertz CT molecular complexity index is 1020. The molecule has 0 aliphatic rings. The predicted molar refractivity (Wildman–Crippen MR) is 122 cm³/mol. The molecular formula is C22H18Br2N2O3. The Morgan fingerprint density at radius 1 is 0.897 bits per heavy atom. The number of nitrogens with one attached hydrogen (secondary N) is 2. The van der Waals surface area contributed by atoms with Crippen LogP contribution in [0, 0.1) is 6.92 Å². The van der Waals surface area contributed by atoms with Gasteiger partial charge in [0, 0.05) is 21.4 Å². The van der Waals surface area contributed by atoms with Crippen molar-refractivity contribution in [3.8, 4) is 5.75 Å². The summed E-state index contributed by atoms with van der Waals surface area (Å²) >= 11 is 6.85. The number of hydrogen-bond acceptors (Lipinski definition) is 3. The smallest absolute Gasteiger partial charge is 0.262 e. The third-order valence-electron chi connectivity index (χ3n) is 3.98. The molecule has 0 unspecified atom stereocenters. The molecule has 3 rings (SSSR count). The number of rotatable bonds is 6. The van der Waals surface area contributed by atoms with Gasteiger partial charge in [-0.2, -0.15) is 0 Å². The average molecular weight is 518 g/mol. The zero-order chi connectivity index (χ0) is 20.8. The van der Waals surface area contributed by atoms with Gasteiger partial charge in [-0.05, 0) is 70.9 Å². The molecule has 7 heteroatoms. The van der Waals surface area contributed by atoms with Gasteiger partial charge in [-0.25, -0.2) is 0 Å². The molecule has 3 aromatic carbocycles. The molecule has 0 saturated carbocycles. The summed E-state index contributed by atoms with van der Waals surface area (Å²) in [6.45, 7) is 1.77. The van der Waals surface area contributed by atoms with Crippen molar-refractivity contribution in [2.75, 3.05) is 17.2 Å². The minimum Gasteiger partial charge on any atom is -0.482 e. The SMILES string of the molecule is Cc1cc(Br)cc(Br)c1OCC(=O)Nc1cccc(NC(=O)c2ccccc2)c1. The highest BCUT2D eigenvalue weighted by atomic mass is 79.9. The van der Waals surface area contributed by atoms with Crippen molar-refractivity contribution in [1.82, 2.24) is 0 Å². The second kappa shape index (κ2) is 9.71. The normalized spacial score (nSPS) is 10.3. The number of hydrogen-bond donors (Lipinski definition) is 2. The predicted octanol–water partition coefficient (Wildman–Crippen LogP) is 5.79. The molecule has 29 heavy (non-hydrogen) atoms. The lowest BCUT2D eigenvalue weighted by atomic mass is 10.2. The van der Waals surface area contributed by atoms with Crippen LogP contribution in [0.15, 0.2) is 75.7 Å².